The highest BCUT2D eigenvalue weighted by atomic mass is 16.1. The second-order valence-electron chi connectivity index (χ2n) is 2.75. The first-order valence-corrected chi connectivity index (χ1v) is 3.82. The zero-order valence-electron chi connectivity index (χ0n) is 7.48. The molecule has 0 saturated heterocycles. The van der Waals surface area contributed by atoms with Gasteiger partial charge in [-0.25, -0.2) is 4.98 Å². The minimum absolute atomic E-state index is 0.324. The van der Waals surface area contributed by atoms with Crippen LogP contribution >= 0.6 is 0 Å². The molecule has 1 aromatic heterocycles. The van der Waals surface area contributed by atoms with Crippen molar-refractivity contribution in [2.24, 2.45) is 7.05 Å². The number of nitrogens with one attached hydrogen (secondary N) is 1. The van der Waals surface area contributed by atoms with E-state index in [9.17, 15) is 4.79 Å². The molecule has 1 N–H and O–H groups in total. The van der Waals surface area contributed by atoms with E-state index in [1.165, 1.54) is 6.33 Å². The number of imidazole rings is 1. The number of aryl methyl sites for hydroxylation is 1. The van der Waals surface area contributed by atoms with Gasteiger partial charge in [-0.1, -0.05) is 0 Å². The van der Waals surface area contributed by atoms with Gasteiger partial charge in [-0.15, -0.1) is 0 Å². The first-order chi connectivity index (χ1) is 6.13. The van der Waals surface area contributed by atoms with Crippen LogP contribution in [0, 0.1) is 11.3 Å². The minimum atomic E-state index is -0.491. The lowest BCUT2D eigenvalue weighted by atomic mass is 10.3. The number of rotatable bonds is 2. The second kappa shape index (κ2) is 3.72. The Morgan fingerprint density at radius 1 is 1.85 bits per heavy atom. The van der Waals surface area contributed by atoms with E-state index in [2.05, 4.69) is 10.3 Å². The van der Waals surface area contributed by atoms with E-state index >= 15 is 0 Å². The molecule has 68 valence electrons. The van der Waals surface area contributed by atoms with Crippen molar-refractivity contribution >= 4 is 5.91 Å². The summed E-state index contributed by atoms with van der Waals surface area (Å²) < 4.78 is 1.67. The third kappa shape index (κ3) is 2.30. The van der Waals surface area contributed by atoms with Gasteiger partial charge < -0.3 is 9.88 Å². The number of nitrogens with zero attached hydrogens (tertiary/aromatic N) is 3. The van der Waals surface area contributed by atoms with Gasteiger partial charge in [0.1, 0.15) is 11.7 Å². The Morgan fingerprint density at radius 2 is 2.54 bits per heavy atom. The van der Waals surface area contributed by atoms with Gasteiger partial charge in [0.15, 0.2) is 0 Å². The molecule has 0 unspecified atom stereocenters. The highest BCUT2D eigenvalue weighted by Gasteiger charge is 2.10. The molecule has 0 aliphatic carbocycles. The van der Waals surface area contributed by atoms with Crippen LogP contribution < -0.4 is 5.32 Å². The molecule has 1 amide bonds. The molecule has 1 atom stereocenters. The molecule has 0 bridgehead atoms. The topological polar surface area (TPSA) is 70.7 Å². The van der Waals surface area contributed by atoms with E-state index in [4.69, 9.17) is 5.26 Å². The molecule has 0 radical (unpaired) electrons. The van der Waals surface area contributed by atoms with Gasteiger partial charge in [-0.05, 0) is 6.92 Å². The van der Waals surface area contributed by atoms with Crippen molar-refractivity contribution in [2.45, 2.75) is 13.0 Å². The predicted molar refractivity (Wildman–Crippen MR) is 45.7 cm³/mol. The summed E-state index contributed by atoms with van der Waals surface area (Å²) in [6.07, 6.45) is 3.13. The maximum Gasteiger partial charge on any atom is 0.272 e. The van der Waals surface area contributed by atoms with Gasteiger partial charge in [0, 0.05) is 13.2 Å². The number of hydrogen-bond acceptors (Lipinski definition) is 3. The molecular weight excluding hydrogens is 168 g/mol. The fourth-order valence-corrected chi connectivity index (χ4v) is 0.833. The number of hydrogen-bond donors (Lipinski definition) is 1. The minimum Gasteiger partial charge on any atom is -0.340 e. The summed E-state index contributed by atoms with van der Waals surface area (Å²) in [7, 11) is 1.78. The van der Waals surface area contributed by atoms with E-state index in [0.717, 1.165) is 0 Å². The standard InChI is InChI=1S/C8H10N4O/c1-6(3-9)11-8(13)7-4-12(2)5-10-7/h4-6H,1-2H3,(H,11,13)/t6-/m1/s1. The maximum absolute atomic E-state index is 11.3. The molecule has 5 nitrogen and oxygen atoms in total. The number of carbonyl (C=O) groups excluding carboxylic acids is 1. The lowest BCUT2D eigenvalue weighted by molar-refractivity contribution is 0.0943. The van der Waals surface area contributed by atoms with Crippen LogP contribution in [-0.2, 0) is 7.05 Å². The van der Waals surface area contributed by atoms with Crippen LogP contribution in [0.3, 0.4) is 0 Å². The lowest BCUT2D eigenvalue weighted by Crippen LogP contribution is -2.31. The van der Waals surface area contributed by atoms with Crippen molar-refractivity contribution in [1.82, 2.24) is 14.9 Å². The Balaban J connectivity index is 2.65. The van der Waals surface area contributed by atoms with E-state index < -0.39 is 6.04 Å². The predicted octanol–water partition coefficient (Wildman–Crippen LogP) is 0.0620. The summed E-state index contributed by atoms with van der Waals surface area (Å²) in [5, 5.41) is 10.9. The van der Waals surface area contributed by atoms with Crippen molar-refractivity contribution in [3.8, 4) is 6.07 Å². The van der Waals surface area contributed by atoms with Crippen molar-refractivity contribution in [2.75, 3.05) is 0 Å². The molecule has 0 aromatic carbocycles. The summed E-state index contributed by atoms with van der Waals surface area (Å²) in [6, 6.07) is 1.41. The average Bonchev–Trinajstić information content (AvgIpc) is 2.51. The van der Waals surface area contributed by atoms with E-state index in [1.807, 2.05) is 6.07 Å². The molecule has 0 fully saturated rings. The summed E-state index contributed by atoms with van der Waals surface area (Å²) in [5.41, 5.74) is 0.324. The number of nitriles is 1. The summed E-state index contributed by atoms with van der Waals surface area (Å²) >= 11 is 0. The van der Waals surface area contributed by atoms with Crippen molar-refractivity contribution in [3.05, 3.63) is 18.2 Å². The van der Waals surface area contributed by atoms with Gasteiger partial charge >= 0.3 is 0 Å². The Labute approximate surface area is 76.0 Å². The van der Waals surface area contributed by atoms with Gasteiger partial charge in [0.05, 0.1) is 12.4 Å². The fourth-order valence-electron chi connectivity index (χ4n) is 0.833. The zero-order valence-corrected chi connectivity index (χ0v) is 7.48. The first kappa shape index (κ1) is 9.26. The smallest absolute Gasteiger partial charge is 0.272 e. The van der Waals surface area contributed by atoms with Crippen molar-refractivity contribution < 1.29 is 4.79 Å². The Kier molecular flexibility index (Phi) is 2.65. The van der Waals surface area contributed by atoms with Gasteiger partial charge in [0.2, 0.25) is 0 Å². The van der Waals surface area contributed by atoms with Crippen LogP contribution in [0.4, 0.5) is 0 Å². The Morgan fingerprint density at radius 3 is 3.00 bits per heavy atom. The monoisotopic (exact) mass is 178 g/mol. The first-order valence-electron chi connectivity index (χ1n) is 3.82. The second-order valence-corrected chi connectivity index (χ2v) is 2.75. The third-order valence-electron chi connectivity index (χ3n) is 1.48. The molecule has 1 rings (SSSR count). The molecular formula is C8H10N4O. The summed E-state index contributed by atoms with van der Waals surface area (Å²) in [5.74, 6) is -0.324. The van der Waals surface area contributed by atoms with Crippen LogP contribution in [-0.4, -0.2) is 21.5 Å². The van der Waals surface area contributed by atoms with Crippen LogP contribution in [0.2, 0.25) is 0 Å². The number of aromatic nitrogens is 2. The van der Waals surface area contributed by atoms with Crippen LogP contribution in [0.1, 0.15) is 17.4 Å². The van der Waals surface area contributed by atoms with E-state index in [1.54, 1.807) is 24.7 Å². The largest absolute Gasteiger partial charge is 0.340 e. The van der Waals surface area contributed by atoms with Gasteiger partial charge in [-0.2, -0.15) is 5.26 Å². The maximum atomic E-state index is 11.3. The van der Waals surface area contributed by atoms with Gasteiger partial charge in [-0.3, -0.25) is 4.79 Å². The number of carbonyl (C=O) groups is 1. The fraction of sp³-hybridized carbons (Fsp3) is 0.375. The quantitative estimate of drug-likeness (QED) is 0.696. The average molecular weight is 178 g/mol. The normalized spacial score (nSPS) is 11.8. The van der Waals surface area contributed by atoms with Crippen molar-refractivity contribution in [3.63, 3.8) is 0 Å². The Hall–Kier alpha value is -1.83. The highest BCUT2D eigenvalue weighted by molar-refractivity contribution is 5.92. The molecule has 13 heavy (non-hydrogen) atoms. The van der Waals surface area contributed by atoms with E-state index in [-0.39, 0.29) is 5.91 Å². The van der Waals surface area contributed by atoms with E-state index in [0.29, 0.717) is 5.69 Å². The molecule has 0 aliphatic rings. The SMILES string of the molecule is C[C@H](C#N)NC(=O)c1cn(C)cn1. The van der Waals surface area contributed by atoms with Crippen LogP contribution in [0.25, 0.3) is 0 Å². The molecule has 0 spiro atoms. The molecule has 5 heteroatoms. The molecule has 0 saturated carbocycles. The Bertz CT molecular complexity index is 349. The molecule has 1 aromatic rings. The summed E-state index contributed by atoms with van der Waals surface area (Å²) in [4.78, 5) is 15.1. The third-order valence-corrected chi connectivity index (χ3v) is 1.48. The summed E-state index contributed by atoms with van der Waals surface area (Å²) in [6.45, 7) is 1.61. The molecule has 0 aliphatic heterocycles. The lowest BCUT2D eigenvalue weighted by Gasteiger charge is -2.02. The highest BCUT2D eigenvalue weighted by Crippen LogP contribution is 1.94. The van der Waals surface area contributed by atoms with Gasteiger partial charge in [0.25, 0.3) is 5.91 Å². The van der Waals surface area contributed by atoms with Crippen LogP contribution in [0.5, 0.6) is 0 Å². The zero-order chi connectivity index (χ0) is 9.84. The van der Waals surface area contributed by atoms with Crippen LogP contribution in [0.15, 0.2) is 12.5 Å². The van der Waals surface area contributed by atoms with Crippen molar-refractivity contribution in [1.29, 1.82) is 5.26 Å². The number of amides is 1. The molecule has 1 heterocycles.